The number of anilines is 1. The Bertz CT molecular complexity index is 433. The molecule has 1 aliphatic heterocycles. The first-order chi connectivity index (χ1) is 10.2. The first-order valence-electron chi connectivity index (χ1n) is 8.58. The fourth-order valence-corrected chi connectivity index (χ4v) is 3.35. The average molecular weight is 289 g/mol. The van der Waals surface area contributed by atoms with Crippen LogP contribution in [0.3, 0.4) is 0 Å². The van der Waals surface area contributed by atoms with Gasteiger partial charge in [0.05, 0.1) is 7.11 Å². The van der Waals surface area contributed by atoms with E-state index in [9.17, 15) is 0 Å². The zero-order chi connectivity index (χ0) is 15.2. The second kappa shape index (κ2) is 7.72. The van der Waals surface area contributed by atoms with Crippen molar-refractivity contribution in [2.24, 2.45) is 5.92 Å². The average Bonchev–Trinajstić information content (AvgIpc) is 2.52. The van der Waals surface area contributed by atoms with E-state index in [-0.39, 0.29) is 0 Å². The molecule has 0 aliphatic carbocycles. The highest BCUT2D eigenvalue weighted by atomic mass is 16.5. The van der Waals surface area contributed by atoms with E-state index in [1.807, 2.05) is 0 Å². The number of hydrogen-bond donors (Lipinski definition) is 0. The predicted molar refractivity (Wildman–Crippen MR) is 91.5 cm³/mol. The molecule has 0 amide bonds. The maximum absolute atomic E-state index is 5.59. The van der Waals surface area contributed by atoms with Crippen LogP contribution in [0.1, 0.15) is 64.4 Å². The van der Waals surface area contributed by atoms with Gasteiger partial charge in [0.1, 0.15) is 5.75 Å². The quantitative estimate of drug-likeness (QED) is 0.711. The standard InChI is InChI=1S/C19H31NO/c1-5-6-7-16-10-12-20(13-11-16)17-8-9-18(15(2)3)19(14-17)21-4/h8-9,14-16H,5-7,10-13H2,1-4H3. The Morgan fingerprint density at radius 3 is 2.52 bits per heavy atom. The Balaban J connectivity index is 2.00. The molecule has 2 heteroatoms. The molecular formula is C19H31NO. The van der Waals surface area contributed by atoms with Crippen LogP contribution in [0.4, 0.5) is 5.69 Å². The van der Waals surface area contributed by atoms with Crippen molar-refractivity contribution < 1.29 is 4.74 Å². The molecule has 1 aliphatic rings. The van der Waals surface area contributed by atoms with E-state index in [0.717, 1.165) is 11.7 Å². The smallest absolute Gasteiger partial charge is 0.124 e. The molecule has 0 saturated carbocycles. The minimum absolute atomic E-state index is 0.508. The number of ether oxygens (including phenoxy) is 1. The first-order valence-corrected chi connectivity index (χ1v) is 8.58. The summed E-state index contributed by atoms with van der Waals surface area (Å²) in [5.74, 6) is 2.49. The zero-order valence-corrected chi connectivity index (χ0v) is 14.2. The van der Waals surface area contributed by atoms with E-state index >= 15 is 0 Å². The van der Waals surface area contributed by atoms with Gasteiger partial charge in [-0.15, -0.1) is 0 Å². The van der Waals surface area contributed by atoms with Gasteiger partial charge >= 0.3 is 0 Å². The number of rotatable bonds is 6. The topological polar surface area (TPSA) is 12.5 Å². The van der Waals surface area contributed by atoms with Crippen LogP contribution in [0.15, 0.2) is 18.2 Å². The van der Waals surface area contributed by atoms with Crippen molar-refractivity contribution in [2.45, 2.75) is 58.8 Å². The van der Waals surface area contributed by atoms with Gasteiger partial charge in [-0.05, 0) is 36.3 Å². The third kappa shape index (κ3) is 4.15. The summed E-state index contributed by atoms with van der Waals surface area (Å²) in [6.07, 6.45) is 6.82. The lowest BCUT2D eigenvalue weighted by Crippen LogP contribution is -2.33. The van der Waals surface area contributed by atoms with Crippen molar-refractivity contribution in [1.29, 1.82) is 0 Å². The Labute approximate surface area is 130 Å². The van der Waals surface area contributed by atoms with E-state index in [1.54, 1.807) is 7.11 Å². The fraction of sp³-hybridized carbons (Fsp3) is 0.684. The predicted octanol–water partition coefficient (Wildman–Crippen LogP) is 5.23. The normalized spacial score (nSPS) is 16.5. The van der Waals surface area contributed by atoms with Crippen molar-refractivity contribution in [3.8, 4) is 5.75 Å². The van der Waals surface area contributed by atoms with E-state index < -0.39 is 0 Å². The summed E-state index contributed by atoms with van der Waals surface area (Å²) < 4.78 is 5.59. The van der Waals surface area contributed by atoms with Crippen LogP contribution >= 0.6 is 0 Å². The molecule has 1 aromatic carbocycles. The molecule has 1 aromatic rings. The monoisotopic (exact) mass is 289 g/mol. The summed E-state index contributed by atoms with van der Waals surface area (Å²) in [6.45, 7) is 9.11. The van der Waals surface area contributed by atoms with Crippen molar-refractivity contribution in [3.05, 3.63) is 23.8 Å². The molecule has 0 atom stereocenters. The fourth-order valence-electron chi connectivity index (χ4n) is 3.35. The van der Waals surface area contributed by atoms with Crippen molar-refractivity contribution in [1.82, 2.24) is 0 Å². The molecule has 118 valence electrons. The van der Waals surface area contributed by atoms with Crippen LogP contribution in [-0.4, -0.2) is 20.2 Å². The minimum Gasteiger partial charge on any atom is -0.496 e. The maximum Gasteiger partial charge on any atom is 0.124 e. The van der Waals surface area contributed by atoms with Crippen LogP contribution in [0.2, 0.25) is 0 Å². The Morgan fingerprint density at radius 1 is 1.24 bits per heavy atom. The molecule has 2 nitrogen and oxygen atoms in total. The van der Waals surface area contributed by atoms with Gasteiger partial charge in [0.2, 0.25) is 0 Å². The van der Waals surface area contributed by atoms with Gasteiger partial charge in [-0.25, -0.2) is 0 Å². The van der Waals surface area contributed by atoms with Crippen molar-refractivity contribution >= 4 is 5.69 Å². The van der Waals surface area contributed by atoms with E-state index in [1.165, 1.54) is 56.4 Å². The largest absolute Gasteiger partial charge is 0.496 e. The number of hydrogen-bond acceptors (Lipinski definition) is 2. The summed E-state index contributed by atoms with van der Waals surface area (Å²) in [5.41, 5.74) is 2.63. The molecule has 0 radical (unpaired) electrons. The van der Waals surface area contributed by atoms with Gasteiger partial charge in [0.25, 0.3) is 0 Å². The lowest BCUT2D eigenvalue weighted by molar-refractivity contribution is 0.371. The highest BCUT2D eigenvalue weighted by molar-refractivity contribution is 5.54. The highest BCUT2D eigenvalue weighted by Gasteiger charge is 2.20. The van der Waals surface area contributed by atoms with Crippen LogP contribution in [0.5, 0.6) is 5.75 Å². The third-order valence-electron chi connectivity index (χ3n) is 4.78. The summed E-state index contributed by atoms with van der Waals surface area (Å²) in [7, 11) is 1.78. The van der Waals surface area contributed by atoms with Crippen molar-refractivity contribution in [2.75, 3.05) is 25.1 Å². The molecule has 0 unspecified atom stereocenters. The van der Waals surface area contributed by atoms with Gasteiger partial charge in [0, 0.05) is 24.8 Å². The van der Waals surface area contributed by atoms with Crippen molar-refractivity contribution in [3.63, 3.8) is 0 Å². The van der Waals surface area contributed by atoms with Crippen LogP contribution in [0, 0.1) is 5.92 Å². The number of methoxy groups -OCH3 is 1. The van der Waals surface area contributed by atoms with Crippen LogP contribution in [-0.2, 0) is 0 Å². The molecule has 0 spiro atoms. The molecule has 0 N–H and O–H groups in total. The molecule has 21 heavy (non-hydrogen) atoms. The van der Waals surface area contributed by atoms with Gasteiger partial charge in [-0.3, -0.25) is 0 Å². The van der Waals surface area contributed by atoms with Gasteiger partial charge in [-0.1, -0.05) is 46.1 Å². The second-order valence-corrected chi connectivity index (χ2v) is 6.65. The van der Waals surface area contributed by atoms with Crippen LogP contribution in [0.25, 0.3) is 0 Å². The Morgan fingerprint density at radius 2 is 1.95 bits per heavy atom. The minimum atomic E-state index is 0.508. The SMILES string of the molecule is CCCCC1CCN(c2ccc(C(C)C)c(OC)c2)CC1. The van der Waals surface area contributed by atoms with E-state index in [2.05, 4.69) is 43.9 Å². The molecule has 1 saturated heterocycles. The zero-order valence-electron chi connectivity index (χ0n) is 14.2. The highest BCUT2D eigenvalue weighted by Crippen LogP contribution is 2.33. The summed E-state index contributed by atoms with van der Waals surface area (Å²) >= 11 is 0. The first kappa shape index (κ1) is 16.2. The van der Waals surface area contributed by atoms with Crippen LogP contribution < -0.4 is 9.64 Å². The van der Waals surface area contributed by atoms with Gasteiger partial charge < -0.3 is 9.64 Å². The number of nitrogens with zero attached hydrogens (tertiary/aromatic N) is 1. The van der Waals surface area contributed by atoms with E-state index in [4.69, 9.17) is 4.74 Å². The molecule has 1 heterocycles. The summed E-state index contributed by atoms with van der Waals surface area (Å²) in [4.78, 5) is 2.52. The molecule has 0 aromatic heterocycles. The molecule has 0 bridgehead atoms. The number of unbranched alkanes of at least 4 members (excludes halogenated alkanes) is 1. The Hall–Kier alpha value is -1.18. The third-order valence-corrected chi connectivity index (χ3v) is 4.78. The second-order valence-electron chi connectivity index (χ2n) is 6.65. The lowest BCUT2D eigenvalue weighted by atomic mass is 9.91. The molecule has 1 fully saturated rings. The lowest BCUT2D eigenvalue weighted by Gasteiger charge is -2.34. The molecular weight excluding hydrogens is 258 g/mol. The van der Waals surface area contributed by atoms with Gasteiger partial charge in [0.15, 0.2) is 0 Å². The molecule has 2 rings (SSSR count). The van der Waals surface area contributed by atoms with Gasteiger partial charge in [-0.2, -0.15) is 0 Å². The van der Waals surface area contributed by atoms with E-state index in [0.29, 0.717) is 5.92 Å². The maximum atomic E-state index is 5.59. The summed E-state index contributed by atoms with van der Waals surface area (Å²) in [6, 6.07) is 6.73. The summed E-state index contributed by atoms with van der Waals surface area (Å²) in [5, 5.41) is 0. The number of benzene rings is 1. The Kier molecular flexibility index (Phi) is 5.96. The number of piperidine rings is 1.